The molecular weight excluding hydrogens is 456 g/mol. The highest BCUT2D eigenvalue weighted by Gasteiger charge is 2.29. The summed E-state index contributed by atoms with van der Waals surface area (Å²) in [4.78, 5) is 16.5. The number of hydrogen-bond acceptors (Lipinski definition) is 6. The number of nitrogens with zero attached hydrogens (tertiary/aromatic N) is 1. The summed E-state index contributed by atoms with van der Waals surface area (Å²) in [6.07, 6.45) is 3.76. The summed E-state index contributed by atoms with van der Waals surface area (Å²) < 4.78 is 32.3. The fourth-order valence-electron chi connectivity index (χ4n) is 3.09. The maximum atomic E-state index is 13.3. The number of pyridine rings is 1. The summed E-state index contributed by atoms with van der Waals surface area (Å²) in [5, 5.41) is 0. The van der Waals surface area contributed by atoms with Gasteiger partial charge in [0.1, 0.15) is 0 Å². The summed E-state index contributed by atoms with van der Waals surface area (Å²) in [5.74, 6) is -0.740. The van der Waals surface area contributed by atoms with E-state index in [2.05, 4.69) is 20.9 Å². The van der Waals surface area contributed by atoms with Gasteiger partial charge in [0.2, 0.25) is 9.84 Å². The number of benzene rings is 2. The lowest BCUT2D eigenvalue weighted by molar-refractivity contribution is 0.0596. The molecule has 8 heteroatoms. The lowest BCUT2D eigenvalue weighted by atomic mass is 9.98. The smallest absolute Gasteiger partial charge is 0.339 e. The van der Waals surface area contributed by atoms with Crippen LogP contribution in [0.25, 0.3) is 0 Å². The summed E-state index contributed by atoms with van der Waals surface area (Å²) in [7, 11) is -2.79. The van der Waals surface area contributed by atoms with Gasteiger partial charge in [-0.1, -0.05) is 22.0 Å². The Labute approximate surface area is 177 Å². The van der Waals surface area contributed by atoms with Gasteiger partial charge in [0.15, 0.2) is 0 Å². The van der Waals surface area contributed by atoms with Crippen LogP contribution in [0.5, 0.6) is 0 Å². The van der Waals surface area contributed by atoms with E-state index >= 15 is 0 Å². The number of hydrogen-bond donors (Lipinski definition) is 1. The highest BCUT2D eigenvalue weighted by Crippen LogP contribution is 2.34. The third-order valence-electron chi connectivity index (χ3n) is 4.57. The standard InChI is InChI=1S/C21H19BrN2O4S/c1-13-19(23)15(10-14-4-3-9-24-12-14)11-18(21(25)28-2)20(13)29(26,27)17-7-5-16(22)6-8-17/h3-9,11-12H,10,23H2,1-2H3. The largest absolute Gasteiger partial charge is 0.465 e. The molecule has 29 heavy (non-hydrogen) atoms. The highest BCUT2D eigenvalue weighted by atomic mass is 79.9. The van der Waals surface area contributed by atoms with Crippen LogP contribution in [-0.4, -0.2) is 26.5 Å². The number of anilines is 1. The van der Waals surface area contributed by atoms with E-state index < -0.39 is 15.8 Å². The van der Waals surface area contributed by atoms with Crippen molar-refractivity contribution in [2.75, 3.05) is 12.8 Å². The average Bonchev–Trinajstić information content (AvgIpc) is 2.71. The van der Waals surface area contributed by atoms with Crippen molar-refractivity contribution in [3.63, 3.8) is 0 Å². The number of aromatic nitrogens is 1. The Hall–Kier alpha value is -2.71. The third-order valence-corrected chi connectivity index (χ3v) is 7.05. The minimum absolute atomic E-state index is 0.0407. The molecule has 2 N–H and O–H groups in total. The molecule has 0 fully saturated rings. The number of nitrogens with two attached hydrogens (primary N) is 1. The molecule has 2 aromatic carbocycles. The molecule has 0 amide bonds. The zero-order valence-corrected chi connectivity index (χ0v) is 18.2. The Morgan fingerprint density at radius 1 is 1.21 bits per heavy atom. The molecule has 0 bridgehead atoms. The van der Waals surface area contributed by atoms with Crippen molar-refractivity contribution in [1.82, 2.24) is 4.98 Å². The van der Waals surface area contributed by atoms with Gasteiger partial charge in [-0.05, 0) is 60.0 Å². The SMILES string of the molecule is COC(=O)c1cc(Cc2cccnc2)c(N)c(C)c1S(=O)(=O)c1ccc(Br)cc1. The second kappa shape index (κ2) is 8.34. The first kappa shape index (κ1) is 21.0. The molecule has 1 aromatic heterocycles. The number of methoxy groups -OCH3 is 1. The van der Waals surface area contributed by atoms with Gasteiger partial charge in [-0.2, -0.15) is 0 Å². The third kappa shape index (κ3) is 4.18. The molecule has 0 spiro atoms. The fraction of sp³-hybridized carbons (Fsp3) is 0.143. The van der Waals surface area contributed by atoms with Crippen LogP contribution in [0.3, 0.4) is 0 Å². The van der Waals surface area contributed by atoms with Crippen LogP contribution in [0.2, 0.25) is 0 Å². The number of ether oxygens (including phenoxy) is 1. The van der Waals surface area contributed by atoms with Crippen molar-refractivity contribution in [3.05, 3.63) is 81.6 Å². The average molecular weight is 475 g/mol. The number of esters is 1. The number of rotatable bonds is 5. The van der Waals surface area contributed by atoms with E-state index in [-0.39, 0.29) is 15.4 Å². The highest BCUT2D eigenvalue weighted by molar-refractivity contribution is 9.10. The summed E-state index contributed by atoms with van der Waals surface area (Å²) in [5.41, 5.74) is 8.40. The van der Waals surface area contributed by atoms with E-state index in [9.17, 15) is 13.2 Å². The molecule has 0 unspecified atom stereocenters. The minimum atomic E-state index is -4.00. The Balaban J connectivity index is 2.22. The van der Waals surface area contributed by atoms with Crippen LogP contribution >= 0.6 is 15.9 Å². The molecule has 0 radical (unpaired) electrons. The molecule has 0 aliphatic rings. The molecular formula is C21H19BrN2O4S. The molecule has 3 rings (SSSR count). The molecule has 0 saturated carbocycles. The lowest BCUT2D eigenvalue weighted by Gasteiger charge is -2.18. The van der Waals surface area contributed by atoms with Gasteiger partial charge in [0, 0.05) is 29.0 Å². The lowest BCUT2D eigenvalue weighted by Crippen LogP contribution is -2.16. The quantitative estimate of drug-likeness (QED) is 0.443. The first-order chi connectivity index (χ1) is 13.8. The number of nitrogen functional groups attached to an aromatic ring is 1. The summed E-state index contributed by atoms with van der Waals surface area (Å²) >= 11 is 3.29. The molecule has 6 nitrogen and oxygen atoms in total. The number of halogens is 1. The second-order valence-electron chi connectivity index (χ2n) is 6.44. The van der Waals surface area contributed by atoms with Gasteiger partial charge >= 0.3 is 5.97 Å². The van der Waals surface area contributed by atoms with Gasteiger partial charge in [0.05, 0.1) is 22.5 Å². The Morgan fingerprint density at radius 2 is 1.90 bits per heavy atom. The summed E-state index contributed by atoms with van der Waals surface area (Å²) in [6, 6.07) is 11.4. The van der Waals surface area contributed by atoms with Crippen LogP contribution in [0.15, 0.2) is 69.1 Å². The molecule has 0 atom stereocenters. The monoisotopic (exact) mass is 474 g/mol. The fourth-order valence-corrected chi connectivity index (χ4v) is 5.03. The van der Waals surface area contributed by atoms with Gasteiger partial charge in [-0.15, -0.1) is 0 Å². The Kier molecular flexibility index (Phi) is 6.04. The molecule has 0 saturated heterocycles. The van der Waals surface area contributed by atoms with Crippen molar-refractivity contribution in [1.29, 1.82) is 0 Å². The van der Waals surface area contributed by atoms with Crippen LogP contribution < -0.4 is 5.73 Å². The topological polar surface area (TPSA) is 99.3 Å². The zero-order chi connectivity index (χ0) is 21.2. The van der Waals surface area contributed by atoms with Crippen LogP contribution in [0.1, 0.15) is 27.0 Å². The zero-order valence-electron chi connectivity index (χ0n) is 15.8. The van der Waals surface area contributed by atoms with Crippen molar-refractivity contribution < 1.29 is 17.9 Å². The second-order valence-corrected chi connectivity index (χ2v) is 9.24. The number of carbonyl (C=O) groups is 1. The molecule has 0 aliphatic carbocycles. The van der Waals surface area contributed by atoms with Crippen molar-refractivity contribution in [3.8, 4) is 0 Å². The molecule has 0 aliphatic heterocycles. The van der Waals surface area contributed by atoms with E-state index in [4.69, 9.17) is 10.5 Å². The maximum Gasteiger partial charge on any atom is 0.339 e. The van der Waals surface area contributed by atoms with Crippen LogP contribution in [-0.2, 0) is 21.0 Å². The van der Waals surface area contributed by atoms with Gasteiger partial charge in [-0.3, -0.25) is 4.98 Å². The molecule has 1 heterocycles. The summed E-state index contributed by atoms with van der Waals surface area (Å²) in [6.45, 7) is 1.60. The molecule has 150 valence electrons. The van der Waals surface area contributed by atoms with E-state index in [0.717, 1.165) is 10.0 Å². The first-order valence-electron chi connectivity index (χ1n) is 8.65. The number of sulfone groups is 1. The number of carbonyl (C=O) groups excluding carboxylic acids is 1. The Morgan fingerprint density at radius 3 is 2.48 bits per heavy atom. The van der Waals surface area contributed by atoms with E-state index in [1.807, 2.05) is 6.07 Å². The van der Waals surface area contributed by atoms with Crippen molar-refractivity contribution in [2.24, 2.45) is 0 Å². The molecule has 3 aromatic rings. The first-order valence-corrected chi connectivity index (χ1v) is 10.9. The Bertz CT molecular complexity index is 1160. The van der Waals surface area contributed by atoms with Gasteiger partial charge in [0.25, 0.3) is 0 Å². The van der Waals surface area contributed by atoms with E-state index in [1.54, 1.807) is 37.5 Å². The maximum absolute atomic E-state index is 13.3. The van der Waals surface area contributed by atoms with Crippen LogP contribution in [0.4, 0.5) is 5.69 Å². The predicted octanol–water partition coefficient (Wildman–Crippen LogP) is 3.94. The predicted molar refractivity (Wildman–Crippen MR) is 114 cm³/mol. The van der Waals surface area contributed by atoms with Crippen LogP contribution in [0, 0.1) is 6.92 Å². The van der Waals surface area contributed by atoms with Gasteiger partial charge < -0.3 is 10.5 Å². The van der Waals surface area contributed by atoms with Gasteiger partial charge in [-0.25, -0.2) is 13.2 Å². The van der Waals surface area contributed by atoms with Crippen molar-refractivity contribution in [2.45, 2.75) is 23.1 Å². The minimum Gasteiger partial charge on any atom is -0.465 e. The normalized spacial score (nSPS) is 11.3. The van der Waals surface area contributed by atoms with Crippen molar-refractivity contribution >= 4 is 37.4 Å². The van der Waals surface area contributed by atoms with E-state index in [0.29, 0.717) is 23.2 Å². The van der Waals surface area contributed by atoms with E-state index in [1.165, 1.54) is 25.3 Å².